The Labute approximate surface area is 81.0 Å². The molecule has 11 heavy (non-hydrogen) atoms. The second-order valence-electron chi connectivity index (χ2n) is 3.18. The molecular formula is C7H14IN2S-. The molecule has 0 aromatic rings. The van der Waals surface area contributed by atoms with Crippen LogP contribution in [0.25, 0.3) is 0 Å². The van der Waals surface area contributed by atoms with Gasteiger partial charge in [-0.2, -0.15) is 0 Å². The van der Waals surface area contributed by atoms with Crippen LogP contribution in [0.2, 0.25) is 0 Å². The van der Waals surface area contributed by atoms with E-state index in [4.69, 9.17) is 0 Å². The Bertz CT molecular complexity index is 111. The first-order chi connectivity index (χ1) is 5.41. The van der Waals surface area contributed by atoms with Crippen LogP contribution in [-0.2, 0) is 0 Å². The van der Waals surface area contributed by atoms with Gasteiger partial charge in [0.15, 0.2) is 0 Å². The maximum absolute atomic E-state index is 3.55. The summed E-state index contributed by atoms with van der Waals surface area (Å²) in [6, 6.07) is 0. The molecule has 0 amide bonds. The zero-order valence-corrected chi connectivity index (χ0v) is 9.50. The van der Waals surface area contributed by atoms with Crippen molar-refractivity contribution in [2.75, 3.05) is 24.2 Å². The third kappa shape index (κ3) is 2.02. The van der Waals surface area contributed by atoms with Gasteiger partial charge in [0, 0.05) is 0 Å². The summed E-state index contributed by atoms with van der Waals surface area (Å²) < 4.78 is 1.97. The second kappa shape index (κ2) is 3.81. The first-order valence-electron chi connectivity index (χ1n) is 4.10. The van der Waals surface area contributed by atoms with Crippen LogP contribution in [0.5, 0.6) is 0 Å². The van der Waals surface area contributed by atoms with Crippen molar-refractivity contribution in [3.8, 4) is 0 Å². The summed E-state index contributed by atoms with van der Waals surface area (Å²) >= 11 is 0.418. The summed E-state index contributed by atoms with van der Waals surface area (Å²) in [6.45, 7) is 3.73. The van der Waals surface area contributed by atoms with Gasteiger partial charge in [0.1, 0.15) is 0 Å². The molecule has 2 N–H and O–H groups in total. The Hall–Kier alpha value is 1.00. The molecule has 2 heterocycles. The first kappa shape index (κ1) is 8.59. The van der Waals surface area contributed by atoms with Crippen LogP contribution in [0, 0.1) is 0 Å². The van der Waals surface area contributed by atoms with E-state index >= 15 is 0 Å². The van der Waals surface area contributed by atoms with Crippen molar-refractivity contribution in [2.24, 2.45) is 0 Å². The van der Waals surface area contributed by atoms with Crippen molar-refractivity contribution < 1.29 is 19.8 Å². The minimum absolute atomic E-state index is 0.418. The monoisotopic (exact) mass is 285 g/mol. The fourth-order valence-corrected chi connectivity index (χ4v) is 7.67. The molecule has 0 bridgehead atoms. The number of halogens is 1. The van der Waals surface area contributed by atoms with Gasteiger partial charge < -0.3 is 0 Å². The molecule has 2 rings (SSSR count). The van der Waals surface area contributed by atoms with Crippen molar-refractivity contribution in [2.45, 2.75) is 17.6 Å². The van der Waals surface area contributed by atoms with Gasteiger partial charge in [-0.1, -0.05) is 0 Å². The van der Waals surface area contributed by atoms with Gasteiger partial charge in [-0.05, 0) is 0 Å². The van der Waals surface area contributed by atoms with Crippen LogP contribution in [0.3, 0.4) is 0 Å². The van der Waals surface area contributed by atoms with Gasteiger partial charge in [0.2, 0.25) is 0 Å². The van der Waals surface area contributed by atoms with E-state index < -0.39 is 0 Å². The quantitative estimate of drug-likeness (QED) is 0.290. The zero-order valence-electron chi connectivity index (χ0n) is 6.53. The molecule has 0 radical (unpaired) electrons. The van der Waals surface area contributed by atoms with E-state index in [1.807, 2.05) is 0 Å². The second-order valence-corrected chi connectivity index (χ2v) is 8.37. The molecule has 0 atom stereocenters. The van der Waals surface area contributed by atoms with E-state index in [1.54, 1.807) is 0 Å². The van der Waals surface area contributed by atoms with Crippen molar-refractivity contribution in [3.05, 3.63) is 0 Å². The fourth-order valence-electron chi connectivity index (χ4n) is 1.62. The van der Waals surface area contributed by atoms with Crippen molar-refractivity contribution >= 4 is 8.93 Å². The summed E-state index contributed by atoms with van der Waals surface area (Å²) in [5.74, 6) is 0. The fraction of sp³-hybridized carbons (Fsp3) is 1.00. The SMILES string of the molecule is C1CC2(CCN1)CNC[I-]S2. The molecule has 2 fully saturated rings. The normalized spacial score (nSPS) is 31.3. The van der Waals surface area contributed by atoms with E-state index in [9.17, 15) is 0 Å². The van der Waals surface area contributed by atoms with E-state index in [0.717, 1.165) is 0 Å². The minimum atomic E-state index is 0.418. The molecule has 0 aromatic carbocycles. The topological polar surface area (TPSA) is 24.1 Å². The third-order valence-electron chi connectivity index (χ3n) is 2.33. The molecule has 0 saturated carbocycles. The van der Waals surface area contributed by atoms with Gasteiger partial charge in [0.25, 0.3) is 0 Å². The Morgan fingerprint density at radius 2 is 2.00 bits per heavy atom. The van der Waals surface area contributed by atoms with Crippen molar-refractivity contribution in [1.29, 1.82) is 0 Å². The molecule has 1 spiro atoms. The summed E-state index contributed by atoms with van der Waals surface area (Å²) in [7, 11) is 2.29. The maximum atomic E-state index is 3.55. The van der Waals surface area contributed by atoms with Crippen LogP contribution in [-0.4, -0.2) is 28.9 Å². The molecule has 4 heteroatoms. The van der Waals surface area contributed by atoms with Gasteiger partial charge in [-0.25, -0.2) is 0 Å². The number of alkyl halides is 1. The van der Waals surface area contributed by atoms with Gasteiger partial charge in [-0.15, -0.1) is 0 Å². The molecular weight excluding hydrogens is 271 g/mol. The molecule has 0 aliphatic carbocycles. The zero-order chi connectivity index (χ0) is 7.57. The van der Waals surface area contributed by atoms with Crippen LogP contribution in [0.4, 0.5) is 0 Å². The van der Waals surface area contributed by atoms with Crippen molar-refractivity contribution in [1.82, 2.24) is 10.6 Å². The summed E-state index contributed by atoms with van der Waals surface area (Å²) in [4.78, 5) is 0. The number of hydrogen-bond acceptors (Lipinski definition) is 3. The third-order valence-corrected chi connectivity index (χ3v) is 8.64. The number of hydrogen-bond donors (Lipinski definition) is 2. The predicted octanol–water partition coefficient (Wildman–Crippen LogP) is -2.59. The van der Waals surface area contributed by atoms with E-state index in [2.05, 4.69) is 19.6 Å². The predicted molar refractivity (Wildman–Crippen MR) is 45.3 cm³/mol. The van der Waals surface area contributed by atoms with E-state index in [1.165, 1.54) is 37.0 Å². The van der Waals surface area contributed by atoms with Crippen LogP contribution >= 0.6 is 8.93 Å². The number of rotatable bonds is 0. The number of piperidine rings is 1. The van der Waals surface area contributed by atoms with Crippen molar-refractivity contribution in [3.63, 3.8) is 0 Å². The van der Waals surface area contributed by atoms with Gasteiger partial charge in [-0.3, -0.25) is 0 Å². The van der Waals surface area contributed by atoms with E-state index in [0.29, 0.717) is 24.6 Å². The molecule has 0 unspecified atom stereocenters. The van der Waals surface area contributed by atoms with Crippen LogP contribution in [0.1, 0.15) is 12.8 Å². The molecule has 2 saturated heterocycles. The standard InChI is InChI=1S/C7H14IN2S/c1-3-9-4-2-7(1)5-10-6-8-11-7/h9-10H,1-6H2/q-1. The molecule has 2 nitrogen and oxygen atoms in total. The Balaban J connectivity index is 1.94. The van der Waals surface area contributed by atoms with Crippen LogP contribution in [0.15, 0.2) is 0 Å². The van der Waals surface area contributed by atoms with Gasteiger partial charge in [0.05, 0.1) is 0 Å². The molecule has 66 valence electrons. The average molecular weight is 285 g/mol. The molecule has 2 aliphatic rings. The summed E-state index contributed by atoms with van der Waals surface area (Å²) in [5, 5.41) is 6.97. The van der Waals surface area contributed by atoms with E-state index in [-0.39, 0.29) is 0 Å². The van der Waals surface area contributed by atoms with Crippen LogP contribution < -0.4 is 30.5 Å². The first-order valence-corrected chi connectivity index (χ1v) is 8.99. The number of nitrogens with one attached hydrogen (secondary N) is 2. The molecule has 2 aliphatic heterocycles. The van der Waals surface area contributed by atoms with Gasteiger partial charge >= 0.3 is 81.2 Å². The Morgan fingerprint density at radius 1 is 1.18 bits per heavy atom. The Kier molecular flexibility index (Phi) is 2.97. The molecule has 0 aromatic heterocycles. The Morgan fingerprint density at radius 3 is 2.64 bits per heavy atom. The summed E-state index contributed by atoms with van der Waals surface area (Å²) in [6.07, 6.45) is 2.76. The average Bonchev–Trinajstić information content (AvgIpc) is 2.07. The summed E-state index contributed by atoms with van der Waals surface area (Å²) in [5.41, 5.74) is 0.